The number of hydrogen-bond donors (Lipinski definition) is 1. The number of fused-ring (bicyclic) bond motifs is 1. The molecular weight excluding hydrogens is 310 g/mol. The summed E-state index contributed by atoms with van der Waals surface area (Å²) in [5.41, 5.74) is 0.173. The van der Waals surface area contributed by atoms with Crippen molar-refractivity contribution in [2.24, 2.45) is 0 Å². The van der Waals surface area contributed by atoms with E-state index in [2.05, 4.69) is 15.9 Å². The molecule has 1 N–H and O–H groups in total. The van der Waals surface area contributed by atoms with Gasteiger partial charge in [-0.15, -0.1) is 0 Å². The first-order valence-electron chi connectivity index (χ1n) is 6.38. The zero-order chi connectivity index (χ0) is 13.6. The monoisotopic (exact) mass is 323 g/mol. The molecule has 1 aromatic carbocycles. The van der Waals surface area contributed by atoms with E-state index in [9.17, 15) is 14.7 Å². The lowest BCUT2D eigenvalue weighted by Crippen LogP contribution is -2.52. The highest BCUT2D eigenvalue weighted by molar-refractivity contribution is 9.10. The van der Waals surface area contributed by atoms with Crippen LogP contribution < -0.4 is 0 Å². The van der Waals surface area contributed by atoms with Gasteiger partial charge in [0.2, 0.25) is 0 Å². The first-order chi connectivity index (χ1) is 9.09. The number of benzene rings is 1. The maximum absolute atomic E-state index is 12.5. The molecule has 1 fully saturated rings. The second-order valence-electron chi connectivity index (χ2n) is 5.23. The first kappa shape index (κ1) is 12.8. The summed E-state index contributed by atoms with van der Waals surface area (Å²) >= 11 is 3.31. The number of aliphatic hydroxyl groups is 1. The van der Waals surface area contributed by atoms with Gasteiger partial charge in [-0.1, -0.05) is 28.8 Å². The molecule has 1 aromatic rings. The Morgan fingerprint density at radius 1 is 1.16 bits per heavy atom. The Morgan fingerprint density at radius 2 is 1.79 bits per heavy atom. The fraction of sp³-hybridized carbons (Fsp3) is 0.429. The van der Waals surface area contributed by atoms with E-state index in [1.54, 1.807) is 18.2 Å². The molecule has 3 rings (SSSR count). The Morgan fingerprint density at radius 3 is 2.42 bits per heavy atom. The molecule has 1 heterocycles. The third-order valence-corrected chi connectivity index (χ3v) is 4.64. The van der Waals surface area contributed by atoms with Crippen LogP contribution in [0.15, 0.2) is 22.7 Å². The maximum atomic E-state index is 12.5. The summed E-state index contributed by atoms with van der Waals surface area (Å²) in [6.07, 6.45) is 3.27. The average Bonchev–Trinajstić information content (AvgIpc) is 2.96. The second-order valence-corrected chi connectivity index (χ2v) is 6.14. The molecule has 0 saturated heterocycles. The average molecular weight is 324 g/mol. The molecule has 1 aliphatic heterocycles. The predicted molar refractivity (Wildman–Crippen MR) is 72.9 cm³/mol. The van der Waals surface area contributed by atoms with Gasteiger partial charge in [0.05, 0.1) is 23.3 Å². The number of amides is 2. The number of halogens is 1. The fourth-order valence-electron chi connectivity index (χ4n) is 3.13. The summed E-state index contributed by atoms with van der Waals surface area (Å²) in [5.74, 6) is -0.555. The van der Waals surface area contributed by atoms with E-state index in [1.807, 2.05) is 0 Å². The smallest absolute Gasteiger partial charge is 0.262 e. The molecule has 0 atom stereocenters. The van der Waals surface area contributed by atoms with Gasteiger partial charge in [0.15, 0.2) is 0 Å². The quantitative estimate of drug-likeness (QED) is 0.850. The summed E-state index contributed by atoms with van der Waals surface area (Å²) in [6, 6.07) is 5.10. The molecule has 0 radical (unpaired) electrons. The summed E-state index contributed by atoms with van der Waals surface area (Å²) in [5, 5.41) is 9.69. The van der Waals surface area contributed by atoms with E-state index in [0.29, 0.717) is 24.0 Å². The van der Waals surface area contributed by atoms with Gasteiger partial charge in [-0.25, -0.2) is 0 Å². The largest absolute Gasteiger partial charge is 0.394 e. The van der Waals surface area contributed by atoms with Crippen molar-refractivity contribution in [1.29, 1.82) is 0 Å². The van der Waals surface area contributed by atoms with Crippen LogP contribution in [0.5, 0.6) is 0 Å². The number of carbonyl (C=O) groups excluding carboxylic acids is 2. The van der Waals surface area contributed by atoms with E-state index in [1.165, 1.54) is 4.90 Å². The topological polar surface area (TPSA) is 57.6 Å². The molecule has 4 nitrogen and oxygen atoms in total. The van der Waals surface area contributed by atoms with Crippen LogP contribution in [0.3, 0.4) is 0 Å². The van der Waals surface area contributed by atoms with Gasteiger partial charge >= 0.3 is 0 Å². The van der Waals surface area contributed by atoms with Crippen LogP contribution >= 0.6 is 15.9 Å². The fourth-order valence-corrected chi connectivity index (χ4v) is 3.49. The van der Waals surface area contributed by atoms with Crippen LogP contribution in [0.2, 0.25) is 0 Å². The van der Waals surface area contributed by atoms with Gasteiger partial charge in [-0.3, -0.25) is 14.5 Å². The zero-order valence-corrected chi connectivity index (χ0v) is 11.9. The summed E-state index contributed by atoms with van der Waals surface area (Å²) in [6.45, 7) is -0.153. The normalized spacial score (nSPS) is 21.1. The number of rotatable bonds is 2. The van der Waals surface area contributed by atoms with Gasteiger partial charge in [0, 0.05) is 4.47 Å². The minimum atomic E-state index is -0.695. The third-order valence-electron chi connectivity index (χ3n) is 4.15. The van der Waals surface area contributed by atoms with Crippen LogP contribution in [-0.2, 0) is 0 Å². The van der Waals surface area contributed by atoms with E-state index in [4.69, 9.17) is 0 Å². The summed E-state index contributed by atoms with van der Waals surface area (Å²) in [4.78, 5) is 26.2. The zero-order valence-electron chi connectivity index (χ0n) is 10.4. The number of hydrogen-bond acceptors (Lipinski definition) is 3. The minimum absolute atomic E-state index is 0.153. The van der Waals surface area contributed by atoms with Crippen molar-refractivity contribution in [2.45, 2.75) is 31.2 Å². The molecule has 19 heavy (non-hydrogen) atoms. The molecule has 100 valence electrons. The van der Waals surface area contributed by atoms with E-state index < -0.39 is 5.54 Å². The van der Waals surface area contributed by atoms with Crippen molar-refractivity contribution in [3.63, 3.8) is 0 Å². The van der Waals surface area contributed by atoms with Crippen molar-refractivity contribution in [3.05, 3.63) is 33.8 Å². The minimum Gasteiger partial charge on any atom is -0.394 e. The molecule has 1 saturated carbocycles. The van der Waals surface area contributed by atoms with Crippen molar-refractivity contribution < 1.29 is 14.7 Å². The van der Waals surface area contributed by atoms with E-state index in [-0.39, 0.29) is 18.4 Å². The van der Waals surface area contributed by atoms with Crippen LogP contribution in [0.25, 0.3) is 0 Å². The lowest BCUT2D eigenvalue weighted by molar-refractivity contribution is 0.0268. The molecule has 0 spiro atoms. The van der Waals surface area contributed by atoms with E-state index in [0.717, 1.165) is 17.3 Å². The molecule has 1 aliphatic carbocycles. The second kappa shape index (κ2) is 4.42. The van der Waals surface area contributed by atoms with Crippen molar-refractivity contribution in [2.75, 3.05) is 6.61 Å². The maximum Gasteiger partial charge on any atom is 0.262 e. The van der Waals surface area contributed by atoms with E-state index >= 15 is 0 Å². The SMILES string of the molecule is O=C1c2ccc(Br)cc2C(=O)N1C1(CO)CCCC1. The van der Waals surface area contributed by atoms with Crippen LogP contribution in [0.1, 0.15) is 46.4 Å². The number of carbonyl (C=O) groups is 2. The standard InChI is InChI=1S/C14H14BrNO3/c15-9-3-4-10-11(7-9)13(19)16(12(10)18)14(8-17)5-1-2-6-14/h3-4,7,17H,1-2,5-6,8H2. The number of nitrogens with zero attached hydrogens (tertiary/aromatic N) is 1. The van der Waals surface area contributed by atoms with Crippen LogP contribution in [0, 0.1) is 0 Å². The Hall–Kier alpha value is -1.20. The van der Waals surface area contributed by atoms with Gasteiger partial charge in [0.1, 0.15) is 0 Å². The van der Waals surface area contributed by atoms with Gasteiger partial charge in [-0.2, -0.15) is 0 Å². The van der Waals surface area contributed by atoms with Gasteiger partial charge in [0.25, 0.3) is 11.8 Å². The molecule has 2 amide bonds. The number of aliphatic hydroxyl groups excluding tert-OH is 1. The molecule has 2 aliphatic rings. The third kappa shape index (κ3) is 1.75. The van der Waals surface area contributed by atoms with Crippen LogP contribution in [-0.4, -0.2) is 34.0 Å². The summed E-state index contributed by atoms with van der Waals surface area (Å²) in [7, 11) is 0. The highest BCUT2D eigenvalue weighted by atomic mass is 79.9. The Kier molecular flexibility index (Phi) is 2.98. The first-order valence-corrected chi connectivity index (χ1v) is 7.18. The predicted octanol–water partition coefficient (Wildman–Crippen LogP) is 2.35. The highest BCUT2D eigenvalue weighted by Gasteiger charge is 2.49. The van der Waals surface area contributed by atoms with Crippen molar-refractivity contribution in [3.8, 4) is 0 Å². The molecular formula is C14H14BrNO3. The van der Waals surface area contributed by atoms with Gasteiger partial charge in [-0.05, 0) is 31.0 Å². The Balaban J connectivity index is 2.07. The Labute approximate surface area is 119 Å². The lowest BCUT2D eigenvalue weighted by atomic mass is 9.96. The lowest BCUT2D eigenvalue weighted by Gasteiger charge is -2.35. The molecule has 0 bridgehead atoms. The molecule has 0 aromatic heterocycles. The number of imide groups is 1. The molecule has 5 heteroatoms. The highest BCUT2D eigenvalue weighted by Crippen LogP contribution is 2.40. The van der Waals surface area contributed by atoms with Crippen LogP contribution in [0.4, 0.5) is 0 Å². The van der Waals surface area contributed by atoms with Gasteiger partial charge < -0.3 is 5.11 Å². The Bertz CT molecular complexity index is 564. The summed E-state index contributed by atoms with van der Waals surface area (Å²) < 4.78 is 0.777. The van der Waals surface area contributed by atoms with Crippen molar-refractivity contribution in [1.82, 2.24) is 4.90 Å². The van der Waals surface area contributed by atoms with Crippen molar-refractivity contribution >= 4 is 27.7 Å². The molecule has 0 unspecified atom stereocenters.